The molecule has 1 aliphatic rings. The Balaban J connectivity index is 2.07. The maximum absolute atomic E-state index is 12.4. The maximum Gasteiger partial charge on any atom is 0.253 e. The van der Waals surface area contributed by atoms with E-state index in [9.17, 15) is 4.79 Å². The molecule has 0 unspecified atom stereocenters. The van der Waals surface area contributed by atoms with Gasteiger partial charge in [-0.15, -0.1) is 0 Å². The van der Waals surface area contributed by atoms with E-state index in [1.807, 2.05) is 11.9 Å². The predicted molar refractivity (Wildman–Crippen MR) is 79.2 cm³/mol. The van der Waals surface area contributed by atoms with Gasteiger partial charge in [-0.1, -0.05) is 0 Å². The number of rotatable bonds is 4. The van der Waals surface area contributed by atoms with E-state index < -0.39 is 0 Å². The van der Waals surface area contributed by atoms with Gasteiger partial charge in [0.05, 0.1) is 0 Å². The fraction of sp³-hybridized carbons (Fsp3) is 0.571. The van der Waals surface area contributed by atoms with E-state index in [1.165, 1.54) is 6.42 Å². The number of hydrogen-bond acceptors (Lipinski definition) is 3. The third-order valence-corrected chi connectivity index (χ3v) is 4.52. The van der Waals surface area contributed by atoms with Crippen molar-refractivity contribution in [3.8, 4) is 0 Å². The Hall–Kier alpha value is -0.940. The molecule has 0 spiro atoms. The number of likely N-dealkylation sites (N-methyl/N-ethyl adjacent to an activating group) is 2. The first-order valence-corrected chi connectivity index (χ1v) is 7.28. The van der Waals surface area contributed by atoms with E-state index in [1.54, 1.807) is 18.3 Å². The molecule has 4 nitrogen and oxygen atoms in total. The van der Waals surface area contributed by atoms with E-state index >= 15 is 0 Å². The molecular formula is C14H20BrN3O. The smallest absolute Gasteiger partial charge is 0.253 e. The second-order valence-corrected chi connectivity index (χ2v) is 6.31. The fourth-order valence-corrected chi connectivity index (χ4v) is 2.97. The van der Waals surface area contributed by atoms with Gasteiger partial charge in [0.15, 0.2) is 0 Å². The lowest BCUT2D eigenvalue weighted by atomic mass is 9.75. The fourth-order valence-electron chi connectivity index (χ4n) is 2.60. The average Bonchev–Trinajstić information content (AvgIpc) is 2.32. The highest BCUT2D eigenvalue weighted by molar-refractivity contribution is 9.10. The molecule has 1 amide bonds. The summed E-state index contributed by atoms with van der Waals surface area (Å²) < 4.78 is 0.692. The van der Waals surface area contributed by atoms with Gasteiger partial charge in [0.2, 0.25) is 0 Å². The minimum atomic E-state index is 0.0521. The Morgan fingerprint density at radius 3 is 2.58 bits per heavy atom. The summed E-state index contributed by atoms with van der Waals surface area (Å²) in [5.41, 5.74) is 0.840. The number of halogens is 1. The van der Waals surface area contributed by atoms with Crippen LogP contribution in [0.5, 0.6) is 0 Å². The molecule has 1 aromatic heterocycles. The topological polar surface area (TPSA) is 36.4 Å². The predicted octanol–water partition coefficient (Wildman–Crippen LogP) is 2.40. The maximum atomic E-state index is 12.4. The van der Waals surface area contributed by atoms with Crippen LogP contribution < -0.4 is 0 Å². The summed E-state index contributed by atoms with van der Waals surface area (Å²) in [6.45, 7) is 0.777. The van der Waals surface area contributed by atoms with Crippen molar-refractivity contribution in [2.45, 2.75) is 24.8 Å². The third-order valence-electron chi connectivity index (χ3n) is 4.08. The molecule has 0 radical (unpaired) electrons. The molecule has 0 atom stereocenters. The number of carbonyl (C=O) groups is 1. The van der Waals surface area contributed by atoms with Crippen LogP contribution in [0.4, 0.5) is 0 Å². The first-order chi connectivity index (χ1) is 8.94. The van der Waals surface area contributed by atoms with E-state index in [2.05, 4.69) is 39.9 Å². The molecule has 104 valence electrons. The summed E-state index contributed by atoms with van der Waals surface area (Å²) in [7, 11) is 6.07. The zero-order valence-electron chi connectivity index (χ0n) is 11.7. The molecular weight excluding hydrogens is 306 g/mol. The summed E-state index contributed by atoms with van der Waals surface area (Å²) in [6.07, 6.45) is 5.23. The van der Waals surface area contributed by atoms with E-state index in [-0.39, 0.29) is 11.4 Å². The van der Waals surface area contributed by atoms with Crippen molar-refractivity contribution < 1.29 is 4.79 Å². The second kappa shape index (κ2) is 5.59. The number of pyridine rings is 1. The zero-order valence-corrected chi connectivity index (χ0v) is 13.3. The summed E-state index contributed by atoms with van der Waals surface area (Å²) >= 11 is 3.30. The van der Waals surface area contributed by atoms with E-state index in [0.29, 0.717) is 10.2 Å². The molecule has 1 aliphatic carbocycles. The minimum absolute atomic E-state index is 0.0521. The van der Waals surface area contributed by atoms with Gasteiger partial charge in [-0.25, -0.2) is 4.98 Å². The SMILES string of the molecule is CN(CC1(N(C)C)CCC1)C(=O)c1ccnc(Br)c1. The van der Waals surface area contributed by atoms with Gasteiger partial charge in [0, 0.05) is 30.9 Å². The highest BCUT2D eigenvalue weighted by atomic mass is 79.9. The van der Waals surface area contributed by atoms with Crippen molar-refractivity contribution >= 4 is 21.8 Å². The largest absolute Gasteiger partial charge is 0.340 e. The van der Waals surface area contributed by atoms with E-state index in [0.717, 1.165) is 19.4 Å². The lowest BCUT2D eigenvalue weighted by molar-refractivity contribution is 0.0252. The lowest BCUT2D eigenvalue weighted by Gasteiger charge is -2.49. The van der Waals surface area contributed by atoms with Crippen LogP contribution in [0.25, 0.3) is 0 Å². The van der Waals surface area contributed by atoms with Crippen molar-refractivity contribution in [3.63, 3.8) is 0 Å². The molecule has 1 heterocycles. The Kier molecular flexibility index (Phi) is 4.26. The summed E-state index contributed by atoms with van der Waals surface area (Å²) in [6, 6.07) is 3.52. The Bertz CT molecular complexity index is 472. The lowest BCUT2D eigenvalue weighted by Crippen LogP contribution is -2.57. The standard InChI is InChI=1S/C14H20BrN3O/c1-17(2)14(6-4-7-14)10-18(3)13(19)11-5-8-16-12(15)9-11/h5,8-9H,4,6-7,10H2,1-3H3. The van der Waals surface area contributed by atoms with Crippen molar-refractivity contribution in [2.75, 3.05) is 27.7 Å². The van der Waals surface area contributed by atoms with Crippen LogP contribution in [-0.2, 0) is 0 Å². The molecule has 2 rings (SSSR count). The van der Waals surface area contributed by atoms with E-state index in [4.69, 9.17) is 0 Å². The van der Waals surface area contributed by atoms with Gasteiger partial charge in [0.1, 0.15) is 4.60 Å². The normalized spacial score (nSPS) is 17.1. The van der Waals surface area contributed by atoms with Gasteiger partial charge in [-0.2, -0.15) is 0 Å². The van der Waals surface area contributed by atoms with Crippen molar-refractivity contribution in [3.05, 3.63) is 28.5 Å². The van der Waals surface area contributed by atoms with Crippen molar-refractivity contribution in [1.82, 2.24) is 14.8 Å². The van der Waals surface area contributed by atoms with Gasteiger partial charge in [-0.05, 0) is 61.4 Å². The van der Waals surface area contributed by atoms with Crippen molar-refractivity contribution in [1.29, 1.82) is 0 Å². The number of hydrogen-bond donors (Lipinski definition) is 0. The molecule has 0 saturated heterocycles. The Morgan fingerprint density at radius 1 is 1.42 bits per heavy atom. The molecule has 5 heteroatoms. The number of carbonyl (C=O) groups excluding carboxylic acids is 1. The summed E-state index contributed by atoms with van der Waals surface area (Å²) in [5.74, 6) is 0.0521. The molecule has 0 aromatic carbocycles. The van der Waals surface area contributed by atoms with Gasteiger partial charge in [-0.3, -0.25) is 4.79 Å². The van der Waals surface area contributed by atoms with Crippen molar-refractivity contribution in [2.24, 2.45) is 0 Å². The Morgan fingerprint density at radius 2 is 2.11 bits per heavy atom. The first-order valence-electron chi connectivity index (χ1n) is 6.49. The monoisotopic (exact) mass is 325 g/mol. The van der Waals surface area contributed by atoms with Crippen LogP contribution in [0.3, 0.4) is 0 Å². The number of amides is 1. The molecule has 1 fully saturated rings. The van der Waals surface area contributed by atoms with Crippen LogP contribution in [0, 0.1) is 0 Å². The van der Waals surface area contributed by atoms with Crippen LogP contribution in [0.2, 0.25) is 0 Å². The van der Waals surface area contributed by atoms with Crippen LogP contribution in [0.15, 0.2) is 22.9 Å². The summed E-state index contributed by atoms with van der Waals surface area (Å²) in [5, 5.41) is 0. The van der Waals surface area contributed by atoms with Crippen LogP contribution in [0.1, 0.15) is 29.6 Å². The van der Waals surface area contributed by atoms with Crippen LogP contribution in [-0.4, -0.2) is 53.9 Å². The highest BCUT2D eigenvalue weighted by Gasteiger charge is 2.40. The molecule has 0 aliphatic heterocycles. The third kappa shape index (κ3) is 2.98. The highest BCUT2D eigenvalue weighted by Crippen LogP contribution is 2.36. The molecule has 0 N–H and O–H groups in total. The first kappa shape index (κ1) is 14.5. The number of aromatic nitrogens is 1. The molecule has 19 heavy (non-hydrogen) atoms. The van der Waals surface area contributed by atoms with Gasteiger partial charge >= 0.3 is 0 Å². The molecule has 1 aromatic rings. The van der Waals surface area contributed by atoms with Gasteiger partial charge < -0.3 is 9.80 Å². The summed E-state index contributed by atoms with van der Waals surface area (Å²) in [4.78, 5) is 20.5. The molecule has 1 saturated carbocycles. The van der Waals surface area contributed by atoms with Crippen LogP contribution >= 0.6 is 15.9 Å². The molecule has 0 bridgehead atoms. The number of nitrogens with zero attached hydrogens (tertiary/aromatic N) is 3. The average molecular weight is 326 g/mol. The van der Waals surface area contributed by atoms with Gasteiger partial charge in [0.25, 0.3) is 5.91 Å². The minimum Gasteiger partial charge on any atom is -0.340 e. The second-order valence-electron chi connectivity index (χ2n) is 5.50. The quantitative estimate of drug-likeness (QED) is 0.797. The Labute approximate surface area is 122 Å². The zero-order chi connectivity index (χ0) is 14.0.